The van der Waals surface area contributed by atoms with Gasteiger partial charge in [0, 0.05) is 17.9 Å². The normalized spacial score (nSPS) is 15.0. The van der Waals surface area contributed by atoms with Crippen molar-refractivity contribution in [2.45, 2.75) is 19.8 Å². The van der Waals surface area contributed by atoms with E-state index in [0.29, 0.717) is 41.0 Å². The van der Waals surface area contributed by atoms with E-state index < -0.39 is 23.9 Å². The van der Waals surface area contributed by atoms with Crippen molar-refractivity contribution in [1.82, 2.24) is 5.32 Å². The largest absolute Gasteiger partial charge is 0.465 e. The first-order valence-electron chi connectivity index (χ1n) is 10.2. The van der Waals surface area contributed by atoms with E-state index in [9.17, 15) is 19.2 Å². The molecule has 1 aliphatic rings. The highest BCUT2D eigenvalue weighted by Crippen LogP contribution is 2.20. The number of hydrogen-bond acceptors (Lipinski definition) is 7. The molecule has 0 saturated carbocycles. The van der Waals surface area contributed by atoms with Crippen LogP contribution >= 0.6 is 0 Å². The number of benzene rings is 2. The zero-order valence-corrected chi connectivity index (χ0v) is 17.9. The number of ether oxygens (including phenoxy) is 2. The van der Waals surface area contributed by atoms with Gasteiger partial charge in [0.05, 0.1) is 25.0 Å². The Balaban J connectivity index is 1.53. The Kier molecular flexibility index (Phi) is 7.56. The number of rotatable bonds is 6. The number of carbonyl (C=O) groups excluding carboxylic acids is 4. The molecule has 3 N–H and O–H groups in total. The number of anilines is 2. The van der Waals surface area contributed by atoms with E-state index in [1.54, 1.807) is 49.4 Å². The van der Waals surface area contributed by atoms with E-state index in [2.05, 4.69) is 16.0 Å². The highest BCUT2D eigenvalue weighted by atomic mass is 16.6. The molecule has 168 valence electrons. The molecule has 0 aliphatic carbocycles. The molecular formula is C23H25N3O6. The molecule has 9 nitrogen and oxygen atoms in total. The van der Waals surface area contributed by atoms with Crippen molar-refractivity contribution >= 4 is 35.3 Å². The van der Waals surface area contributed by atoms with Crippen LogP contribution < -0.4 is 16.0 Å². The van der Waals surface area contributed by atoms with Crippen LogP contribution in [0.3, 0.4) is 0 Å². The van der Waals surface area contributed by atoms with Crippen LogP contribution in [0.2, 0.25) is 0 Å². The fraction of sp³-hybridized carbons (Fsp3) is 0.304. The van der Waals surface area contributed by atoms with Gasteiger partial charge in [0.25, 0.3) is 0 Å². The molecule has 1 fully saturated rings. The summed E-state index contributed by atoms with van der Waals surface area (Å²) in [5, 5.41) is 8.44. The molecule has 1 heterocycles. The van der Waals surface area contributed by atoms with Gasteiger partial charge in [0.1, 0.15) is 0 Å². The lowest BCUT2D eigenvalue weighted by molar-refractivity contribution is -0.161. The van der Waals surface area contributed by atoms with Gasteiger partial charge in [-0.15, -0.1) is 0 Å². The van der Waals surface area contributed by atoms with Gasteiger partial charge in [0.2, 0.25) is 0 Å². The Hall–Kier alpha value is -3.72. The molecule has 1 atom stereocenters. The second-order valence-electron chi connectivity index (χ2n) is 7.41. The summed E-state index contributed by atoms with van der Waals surface area (Å²) in [6.45, 7) is 2.98. The summed E-state index contributed by atoms with van der Waals surface area (Å²) in [4.78, 5) is 48.0. The molecule has 0 aromatic heterocycles. The van der Waals surface area contributed by atoms with Crippen LogP contribution in [0, 0.1) is 12.8 Å². The third-order valence-corrected chi connectivity index (χ3v) is 5.16. The van der Waals surface area contributed by atoms with E-state index in [1.807, 2.05) is 0 Å². The van der Waals surface area contributed by atoms with Gasteiger partial charge >= 0.3 is 23.9 Å². The summed E-state index contributed by atoms with van der Waals surface area (Å²) in [5.74, 6) is -1.87. The minimum absolute atomic E-state index is 0.0438. The number of nitrogens with one attached hydrogen (secondary N) is 3. The first-order valence-corrected chi connectivity index (χ1v) is 10.2. The molecule has 2 aromatic rings. The molecule has 1 saturated heterocycles. The molecule has 0 bridgehead atoms. The van der Waals surface area contributed by atoms with Crippen LogP contribution in [-0.4, -0.2) is 44.1 Å². The minimum atomic E-state index is -0.610. The Morgan fingerprint density at radius 2 is 1.81 bits per heavy atom. The first-order chi connectivity index (χ1) is 15.4. The molecule has 1 aliphatic heterocycles. The number of carbonyl (C=O) groups is 4. The second kappa shape index (κ2) is 10.5. The van der Waals surface area contributed by atoms with Crippen LogP contribution in [0.5, 0.6) is 0 Å². The number of esters is 3. The summed E-state index contributed by atoms with van der Waals surface area (Å²) in [6.07, 6.45) is 0.624. The molecule has 3 rings (SSSR count). The quantitative estimate of drug-likeness (QED) is 0.467. The van der Waals surface area contributed by atoms with Crippen molar-refractivity contribution in [2.24, 2.45) is 5.92 Å². The predicted molar refractivity (Wildman–Crippen MR) is 117 cm³/mol. The fourth-order valence-electron chi connectivity index (χ4n) is 3.35. The molecular weight excluding hydrogens is 414 g/mol. The zero-order chi connectivity index (χ0) is 23.1. The lowest BCUT2D eigenvalue weighted by Crippen LogP contribution is -2.24. The second-order valence-corrected chi connectivity index (χ2v) is 7.41. The number of urea groups is 1. The molecule has 0 spiro atoms. The van der Waals surface area contributed by atoms with E-state index in [1.165, 1.54) is 7.11 Å². The number of amides is 2. The van der Waals surface area contributed by atoms with Gasteiger partial charge in [-0.1, -0.05) is 18.2 Å². The maximum Gasteiger partial charge on any atom is 0.338 e. The van der Waals surface area contributed by atoms with Crippen molar-refractivity contribution in [3.63, 3.8) is 0 Å². The van der Waals surface area contributed by atoms with Gasteiger partial charge in [-0.25, -0.2) is 9.59 Å². The van der Waals surface area contributed by atoms with Crippen molar-refractivity contribution in [1.29, 1.82) is 0 Å². The highest BCUT2D eigenvalue weighted by Gasteiger charge is 2.25. The van der Waals surface area contributed by atoms with Gasteiger partial charge < -0.3 is 25.4 Å². The van der Waals surface area contributed by atoms with Crippen LogP contribution in [0.25, 0.3) is 0 Å². The summed E-state index contributed by atoms with van der Waals surface area (Å²) >= 11 is 0. The summed E-state index contributed by atoms with van der Waals surface area (Å²) in [5.41, 5.74) is 2.59. The van der Waals surface area contributed by atoms with Crippen LogP contribution in [0.15, 0.2) is 42.5 Å². The van der Waals surface area contributed by atoms with Crippen molar-refractivity contribution in [3.8, 4) is 0 Å². The van der Waals surface area contributed by atoms with E-state index >= 15 is 0 Å². The molecule has 9 heteroatoms. The number of methoxy groups -OCH3 is 1. The topological polar surface area (TPSA) is 123 Å². The molecule has 0 unspecified atom stereocenters. The van der Waals surface area contributed by atoms with Gasteiger partial charge in [-0.2, -0.15) is 0 Å². The average Bonchev–Trinajstić information content (AvgIpc) is 3.31. The Morgan fingerprint density at radius 1 is 1.06 bits per heavy atom. The average molecular weight is 439 g/mol. The SMILES string of the molecule is COC(=O)c1cccc(NC(=O)Nc2ccc(CC(=O)OC(=O)[C@H]3CCNC3)cc2)c1C. The van der Waals surface area contributed by atoms with Crippen LogP contribution in [0.4, 0.5) is 16.2 Å². The predicted octanol–water partition coefficient (Wildman–Crippen LogP) is 2.65. The lowest BCUT2D eigenvalue weighted by atomic mass is 10.1. The maximum absolute atomic E-state index is 12.3. The molecule has 2 aromatic carbocycles. The monoisotopic (exact) mass is 439 g/mol. The first kappa shape index (κ1) is 23.0. The zero-order valence-electron chi connectivity index (χ0n) is 17.9. The Morgan fingerprint density at radius 3 is 2.47 bits per heavy atom. The van der Waals surface area contributed by atoms with Gasteiger partial charge in [0.15, 0.2) is 0 Å². The van der Waals surface area contributed by atoms with Crippen molar-refractivity contribution in [3.05, 3.63) is 59.2 Å². The smallest absolute Gasteiger partial charge is 0.338 e. The fourth-order valence-corrected chi connectivity index (χ4v) is 3.35. The van der Waals surface area contributed by atoms with E-state index in [0.717, 1.165) is 6.54 Å². The Labute approximate surface area is 185 Å². The van der Waals surface area contributed by atoms with E-state index in [-0.39, 0.29) is 12.3 Å². The molecule has 0 radical (unpaired) electrons. The summed E-state index contributed by atoms with van der Waals surface area (Å²) in [6, 6.07) is 11.1. The summed E-state index contributed by atoms with van der Waals surface area (Å²) < 4.78 is 9.65. The van der Waals surface area contributed by atoms with Gasteiger partial charge in [-0.05, 0) is 55.3 Å². The van der Waals surface area contributed by atoms with E-state index in [4.69, 9.17) is 9.47 Å². The van der Waals surface area contributed by atoms with Crippen molar-refractivity contribution < 1.29 is 28.7 Å². The van der Waals surface area contributed by atoms with Crippen LogP contribution in [-0.2, 0) is 25.5 Å². The lowest BCUT2D eigenvalue weighted by Gasteiger charge is -2.12. The minimum Gasteiger partial charge on any atom is -0.465 e. The highest BCUT2D eigenvalue weighted by molar-refractivity contribution is 6.02. The maximum atomic E-state index is 12.3. The standard InChI is InChI=1S/C23H25N3O6/c1-14-18(22(29)31-2)4-3-5-19(14)26-23(30)25-17-8-6-15(7-9-17)12-20(27)32-21(28)16-10-11-24-13-16/h3-9,16,24H,10-13H2,1-2H3,(H2,25,26,30)/t16-/m0/s1. The molecule has 2 amide bonds. The number of hydrogen-bond donors (Lipinski definition) is 3. The van der Waals surface area contributed by atoms with Gasteiger partial charge in [-0.3, -0.25) is 9.59 Å². The molecule has 32 heavy (non-hydrogen) atoms. The third-order valence-electron chi connectivity index (χ3n) is 5.16. The summed E-state index contributed by atoms with van der Waals surface area (Å²) in [7, 11) is 1.29. The Bertz CT molecular complexity index is 1010. The van der Waals surface area contributed by atoms with Crippen molar-refractivity contribution in [2.75, 3.05) is 30.8 Å². The third kappa shape index (κ3) is 5.92. The van der Waals surface area contributed by atoms with Crippen LogP contribution in [0.1, 0.15) is 27.9 Å².